The first-order valence-corrected chi connectivity index (χ1v) is 16.2. The summed E-state index contributed by atoms with van der Waals surface area (Å²) in [6.07, 6.45) is 16.5. The van der Waals surface area contributed by atoms with Gasteiger partial charge in [-0.2, -0.15) is 4.98 Å². The third kappa shape index (κ3) is 6.51. The second-order valence-electron chi connectivity index (χ2n) is 12.8. The lowest BCUT2D eigenvalue weighted by Gasteiger charge is -2.37. The van der Waals surface area contributed by atoms with Crippen molar-refractivity contribution < 1.29 is 4.79 Å². The van der Waals surface area contributed by atoms with Crippen LogP contribution in [-0.4, -0.2) is 62.9 Å². The number of nitrogens with one attached hydrogen (secondary N) is 1. The predicted octanol–water partition coefficient (Wildman–Crippen LogP) is 6.20. The summed E-state index contributed by atoms with van der Waals surface area (Å²) in [5.74, 6) is 1.64. The number of rotatable bonds is 7. The Bertz CT molecular complexity index is 1550. The van der Waals surface area contributed by atoms with Gasteiger partial charge in [-0.05, 0) is 89.3 Å². The Labute approximate surface area is 254 Å². The summed E-state index contributed by atoms with van der Waals surface area (Å²) in [7, 11) is 0. The van der Waals surface area contributed by atoms with Gasteiger partial charge in [-0.1, -0.05) is 24.5 Å². The zero-order chi connectivity index (χ0) is 29.9. The van der Waals surface area contributed by atoms with Crippen LogP contribution in [0.2, 0.25) is 0 Å². The lowest BCUT2D eigenvalue weighted by molar-refractivity contribution is 0.101. The molecule has 1 atom stereocenters. The monoisotopic (exact) mass is 583 g/mol. The largest absolute Gasteiger partial charge is 0.368 e. The van der Waals surface area contributed by atoms with E-state index in [1.165, 1.54) is 45.6 Å². The van der Waals surface area contributed by atoms with Crippen molar-refractivity contribution in [3.05, 3.63) is 57.7 Å². The van der Waals surface area contributed by atoms with Gasteiger partial charge in [0.15, 0.2) is 5.78 Å². The second kappa shape index (κ2) is 13.0. The smallest absolute Gasteiger partial charge is 0.263 e. The van der Waals surface area contributed by atoms with Crippen LogP contribution in [0.15, 0.2) is 41.0 Å². The van der Waals surface area contributed by atoms with Crippen molar-refractivity contribution >= 4 is 34.3 Å². The van der Waals surface area contributed by atoms with Crippen LogP contribution in [0.25, 0.3) is 11.0 Å². The van der Waals surface area contributed by atoms with Crippen molar-refractivity contribution in [2.24, 2.45) is 5.92 Å². The SMILES string of the molecule is CC(=O)c1c(C)c2cnc(Nc3ccc(N4CCN(CC5CCC=C(C)CCC5)CC4)cn3)nc2n(C2CCCC2)c1=O. The maximum atomic E-state index is 13.5. The molecule has 0 spiro atoms. The minimum Gasteiger partial charge on any atom is -0.368 e. The molecular weight excluding hydrogens is 538 g/mol. The molecule has 43 heavy (non-hydrogen) atoms. The number of nitrogens with zero attached hydrogens (tertiary/aromatic N) is 6. The number of piperazine rings is 1. The number of Topliss-reactive ketones (excluding diaryl/α,β-unsaturated/α-hetero) is 1. The van der Waals surface area contributed by atoms with Crippen LogP contribution in [0.1, 0.15) is 93.6 Å². The van der Waals surface area contributed by atoms with Gasteiger partial charge in [0.2, 0.25) is 5.95 Å². The van der Waals surface area contributed by atoms with E-state index in [1.807, 2.05) is 19.2 Å². The van der Waals surface area contributed by atoms with Crippen LogP contribution in [0.5, 0.6) is 0 Å². The minimum absolute atomic E-state index is 0.0486. The number of carbonyl (C=O) groups is 1. The average molecular weight is 584 g/mol. The average Bonchev–Trinajstić information content (AvgIpc) is 3.51. The summed E-state index contributed by atoms with van der Waals surface area (Å²) in [5.41, 5.74) is 3.92. The van der Waals surface area contributed by atoms with Gasteiger partial charge in [0.1, 0.15) is 11.5 Å². The molecule has 0 bridgehead atoms. The Kier molecular flexibility index (Phi) is 8.88. The molecule has 1 saturated heterocycles. The van der Waals surface area contributed by atoms with Gasteiger partial charge in [0.25, 0.3) is 5.56 Å². The number of hydrogen-bond donors (Lipinski definition) is 1. The van der Waals surface area contributed by atoms with E-state index in [0.717, 1.165) is 68.9 Å². The van der Waals surface area contributed by atoms with Gasteiger partial charge >= 0.3 is 0 Å². The van der Waals surface area contributed by atoms with Crippen molar-refractivity contribution in [3.8, 4) is 0 Å². The number of hydrogen-bond acceptors (Lipinski definition) is 8. The van der Waals surface area contributed by atoms with Crippen LogP contribution in [0.3, 0.4) is 0 Å². The molecule has 1 saturated carbocycles. The van der Waals surface area contributed by atoms with Crippen molar-refractivity contribution in [1.82, 2.24) is 24.4 Å². The topological polar surface area (TPSA) is 96.2 Å². The lowest BCUT2D eigenvalue weighted by Crippen LogP contribution is -2.47. The molecule has 4 heterocycles. The van der Waals surface area contributed by atoms with Crippen molar-refractivity contribution in [2.45, 2.75) is 84.6 Å². The summed E-state index contributed by atoms with van der Waals surface area (Å²) < 4.78 is 1.74. The molecular formula is C34H45N7O2. The van der Waals surface area contributed by atoms with Crippen molar-refractivity contribution in [1.29, 1.82) is 0 Å². The Balaban J connectivity index is 1.12. The van der Waals surface area contributed by atoms with Crippen molar-refractivity contribution in [2.75, 3.05) is 42.9 Å². The fraction of sp³-hybridized carbons (Fsp3) is 0.559. The summed E-state index contributed by atoms with van der Waals surface area (Å²) in [4.78, 5) is 44.9. The first-order chi connectivity index (χ1) is 20.9. The van der Waals surface area contributed by atoms with Crippen LogP contribution < -0.4 is 15.8 Å². The van der Waals surface area contributed by atoms with E-state index < -0.39 is 0 Å². The summed E-state index contributed by atoms with van der Waals surface area (Å²) in [6.45, 7) is 11.0. The van der Waals surface area contributed by atoms with E-state index in [4.69, 9.17) is 4.98 Å². The van der Waals surface area contributed by atoms with Crippen LogP contribution >= 0.6 is 0 Å². The van der Waals surface area contributed by atoms with Gasteiger partial charge in [-0.25, -0.2) is 9.97 Å². The lowest BCUT2D eigenvalue weighted by atomic mass is 9.91. The molecule has 0 radical (unpaired) electrons. The summed E-state index contributed by atoms with van der Waals surface area (Å²) in [6, 6.07) is 4.12. The van der Waals surface area contributed by atoms with Gasteiger partial charge < -0.3 is 10.2 Å². The molecule has 228 valence electrons. The predicted molar refractivity (Wildman–Crippen MR) is 173 cm³/mol. The maximum absolute atomic E-state index is 13.5. The molecule has 3 aromatic heterocycles. The van der Waals surface area contributed by atoms with E-state index in [-0.39, 0.29) is 22.9 Å². The van der Waals surface area contributed by atoms with Crippen molar-refractivity contribution in [3.63, 3.8) is 0 Å². The number of aryl methyl sites for hydroxylation is 1. The zero-order valence-electron chi connectivity index (χ0n) is 25.9. The highest BCUT2D eigenvalue weighted by Crippen LogP contribution is 2.32. The van der Waals surface area contributed by atoms with Gasteiger partial charge in [-0.15, -0.1) is 0 Å². The highest BCUT2D eigenvalue weighted by Gasteiger charge is 2.26. The fourth-order valence-electron chi connectivity index (χ4n) is 7.29. The molecule has 1 N–H and O–H groups in total. The van der Waals surface area contributed by atoms with Crippen LogP contribution in [0.4, 0.5) is 17.5 Å². The normalized spacial score (nSPS) is 20.6. The molecule has 1 unspecified atom stereocenters. The van der Waals surface area contributed by atoms with E-state index >= 15 is 0 Å². The molecule has 2 aliphatic carbocycles. The zero-order valence-corrected chi connectivity index (χ0v) is 25.9. The Morgan fingerprint density at radius 3 is 2.49 bits per heavy atom. The number of fused-ring (bicyclic) bond motifs is 1. The van der Waals surface area contributed by atoms with Gasteiger partial charge in [0.05, 0.1) is 17.4 Å². The Morgan fingerprint density at radius 1 is 0.977 bits per heavy atom. The number of carbonyl (C=O) groups excluding carboxylic acids is 1. The first kappa shape index (κ1) is 29.5. The summed E-state index contributed by atoms with van der Waals surface area (Å²) in [5, 5.41) is 3.98. The number of anilines is 3. The molecule has 9 nitrogen and oxygen atoms in total. The molecule has 1 aliphatic heterocycles. The van der Waals surface area contributed by atoms with Crippen LogP contribution in [0, 0.1) is 12.8 Å². The number of pyridine rings is 2. The van der Waals surface area contributed by atoms with Crippen LogP contribution in [-0.2, 0) is 0 Å². The minimum atomic E-state index is -0.242. The fourth-order valence-corrected chi connectivity index (χ4v) is 7.29. The molecule has 9 heteroatoms. The third-order valence-electron chi connectivity index (χ3n) is 9.74. The van der Waals surface area contributed by atoms with E-state index in [2.05, 4.69) is 44.2 Å². The standard InChI is InChI=1S/C34H45N7O2/c1-23-8-6-10-26(11-7-9-23)22-39-16-18-40(19-17-39)28-14-15-30(35-20-28)37-34-36-21-29-24(2)31(25(3)42)33(43)41(32(29)38-34)27-12-4-5-13-27/h8,14-15,20-21,26-27H,4-7,9-13,16-19,22H2,1-3H3,(H,35,36,37,38). The number of aromatic nitrogens is 4. The second-order valence-corrected chi connectivity index (χ2v) is 12.8. The molecule has 3 aliphatic rings. The Morgan fingerprint density at radius 2 is 1.77 bits per heavy atom. The maximum Gasteiger partial charge on any atom is 0.263 e. The molecule has 2 fully saturated rings. The molecule has 0 aromatic carbocycles. The molecule has 0 amide bonds. The number of allylic oxidation sites excluding steroid dienone is 2. The first-order valence-electron chi connectivity index (χ1n) is 16.2. The van der Waals surface area contributed by atoms with Gasteiger partial charge in [-0.3, -0.25) is 19.1 Å². The quantitative estimate of drug-likeness (QED) is 0.259. The molecule has 3 aromatic rings. The van der Waals surface area contributed by atoms with E-state index in [0.29, 0.717) is 23.0 Å². The van der Waals surface area contributed by atoms with E-state index in [1.54, 1.807) is 16.3 Å². The molecule has 6 rings (SSSR count). The highest BCUT2D eigenvalue weighted by atomic mass is 16.1. The third-order valence-corrected chi connectivity index (χ3v) is 9.74. The summed E-state index contributed by atoms with van der Waals surface area (Å²) >= 11 is 0. The van der Waals surface area contributed by atoms with E-state index in [9.17, 15) is 9.59 Å². The highest BCUT2D eigenvalue weighted by molar-refractivity contribution is 5.99. The van der Waals surface area contributed by atoms with Gasteiger partial charge in [0, 0.05) is 50.3 Å². The number of ketones is 1. The Hall–Kier alpha value is -3.59.